The van der Waals surface area contributed by atoms with E-state index in [1.165, 1.54) is 11.1 Å². The highest BCUT2D eigenvalue weighted by Gasteiger charge is 2.31. The van der Waals surface area contributed by atoms with E-state index in [9.17, 15) is 9.59 Å². The molecule has 5 N–H and O–H groups in total. The standard InChI is InChI=1S/C23H31N5O2.2ClH/c1-4-16-6-5-7-17(10-16)19-11-20(25-13-19)23(30)28-15(3)22(29)26-12-18-8-9-21(24)27-14(18)2;;/h5-10,15,19-20,25H,4,11-13H2,1-3H3,(H2,24,27)(H,26,29)(H,28,30);2*1H/t15-,19?,20?;;/m0../s1. The molecular weight excluding hydrogens is 449 g/mol. The number of carbonyl (C=O) groups is 2. The third-order valence-electron chi connectivity index (χ3n) is 5.70. The zero-order valence-corrected chi connectivity index (χ0v) is 20.3. The summed E-state index contributed by atoms with van der Waals surface area (Å²) in [7, 11) is 0. The first-order valence-electron chi connectivity index (χ1n) is 10.5. The number of anilines is 1. The van der Waals surface area contributed by atoms with Crippen LogP contribution in [0.25, 0.3) is 0 Å². The Bertz CT molecular complexity index is 925. The van der Waals surface area contributed by atoms with Gasteiger partial charge in [0.1, 0.15) is 11.9 Å². The van der Waals surface area contributed by atoms with E-state index in [0.717, 1.165) is 30.6 Å². The summed E-state index contributed by atoms with van der Waals surface area (Å²) < 4.78 is 0. The molecule has 0 aliphatic carbocycles. The van der Waals surface area contributed by atoms with Gasteiger partial charge in [-0.15, -0.1) is 24.8 Å². The van der Waals surface area contributed by atoms with Crippen LogP contribution < -0.4 is 21.7 Å². The first-order chi connectivity index (χ1) is 14.4. The molecule has 176 valence electrons. The number of hydrogen-bond acceptors (Lipinski definition) is 5. The second kappa shape index (κ2) is 12.6. The maximum absolute atomic E-state index is 12.6. The lowest BCUT2D eigenvalue weighted by atomic mass is 9.94. The molecule has 7 nitrogen and oxygen atoms in total. The molecule has 1 aliphatic heterocycles. The van der Waals surface area contributed by atoms with E-state index in [1.54, 1.807) is 13.0 Å². The van der Waals surface area contributed by atoms with Crippen molar-refractivity contribution in [1.29, 1.82) is 0 Å². The molecule has 1 saturated heterocycles. The Balaban J connectivity index is 0.00000256. The van der Waals surface area contributed by atoms with Gasteiger partial charge in [-0.2, -0.15) is 0 Å². The quantitative estimate of drug-likeness (QED) is 0.485. The van der Waals surface area contributed by atoms with Crippen molar-refractivity contribution in [2.45, 2.75) is 58.2 Å². The first kappa shape index (κ1) is 27.7. The molecule has 0 spiro atoms. The van der Waals surface area contributed by atoms with Gasteiger partial charge >= 0.3 is 0 Å². The number of aromatic nitrogens is 1. The number of aryl methyl sites for hydroxylation is 2. The van der Waals surface area contributed by atoms with Crippen LogP contribution in [0.3, 0.4) is 0 Å². The number of nitrogens with zero attached hydrogens (tertiary/aromatic N) is 1. The Kier molecular flexibility index (Phi) is 10.9. The number of carbonyl (C=O) groups excluding carboxylic acids is 2. The summed E-state index contributed by atoms with van der Waals surface area (Å²) in [5.74, 6) is 0.381. The Hall–Kier alpha value is -2.35. The molecule has 0 saturated carbocycles. The largest absolute Gasteiger partial charge is 0.384 e. The summed E-state index contributed by atoms with van der Waals surface area (Å²) in [6.45, 7) is 6.78. The lowest BCUT2D eigenvalue weighted by molar-refractivity contribution is -0.129. The third kappa shape index (κ3) is 7.08. The predicted octanol–water partition coefficient (Wildman–Crippen LogP) is 2.64. The van der Waals surface area contributed by atoms with Crippen LogP contribution in [0, 0.1) is 6.92 Å². The van der Waals surface area contributed by atoms with Gasteiger partial charge in [-0.1, -0.05) is 37.3 Å². The van der Waals surface area contributed by atoms with Crippen molar-refractivity contribution in [2.24, 2.45) is 0 Å². The lowest BCUT2D eigenvalue weighted by Gasteiger charge is -2.17. The van der Waals surface area contributed by atoms with E-state index in [-0.39, 0.29) is 42.7 Å². The molecule has 1 fully saturated rings. The molecule has 1 aromatic heterocycles. The molecule has 9 heteroatoms. The fourth-order valence-electron chi connectivity index (χ4n) is 3.77. The topological polar surface area (TPSA) is 109 Å². The van der Waals surface area contributed by atoms with Gasteiger partial charge in [0.25, 0.3) is 0 Å². The van der Waals surface area contributed by atoms with Crippen molar-refractivity contribution in [3.05, 3.63) is 58.8 Å². The first-order valence-corrected chi connectivity index (χ1v) is 10.5. The zero-order valence-electron chi connectivity index (χ0n) is 18.7. The molecule has 2 amide bonds. The van der Waals surface area contributed by atoms with Gasteiger partial charge in [-0.05, 0) is 55.4 Å². The van der Waals surface area contributed by atoms with Crippen LogP contribution in [0.15, 0.2) is 36.4 Å². The summed E-state index contributed by atoms with van der Waals surface area (Å²) >= 11 is 0. The van der Waals surface area contributed by atoms with Crippen LogP contribution in [0.1, 0.15) is 48.6 Å². The number of halogens is 2. The van der Waals surface area contributed by atoms with Crippen LogP contribution in [0.5, 0.6) is 0 Å². The Morgan fingerprint density at radius 3 is 2.69 bits per heavy atom. The maximum Gasteiger partial charge on any atom is 0.242 e. The molecule has 1 aliphatic rings. The van der Waals surface area contributed by atoms with Gasteiger partial charge in [0.2, 0.25) is 11.8 Å². The lowest BCUT2D eigenvalue weighted by Crippen LogP contribution is -2.50. The molecule has 2 aromatic rings. The fraction of sp³-hybridized carbons (Fsp3) is 0.435. The van der Waals surface area contributed by atoms with E-state index in [2.05, 4.69) is 52.1 Å². The number of nitrogens with two attached hydrogens (primary N) is 1. The smallest absolute Gasteiger partial charge is 0.242 e. The van der Waals surface area contributed by atoms with Crippen molar-refractivity contribution in [3.63, 3.8) is 0 Å². The summed E-state index contributed by atoms with van der Waals surface area (Å²) in [4.78, 5) is 29.2. The minimum absolute atomic E-state index is 0. The van der Waals surface area contributed by atoms with Crippen LogP contribution >= 0.6 is 24.8 Å². The summed E-state index contributed by atoms with van der Waals surface area (Å²) in [6, 6.07) is 11.2. The highest BCUT2D eigenvalue weighted by Crippen LogP contribution is 2.26. The molecular formula is C23H33Cl2N5O2. The average Bonchev–Trinajstić information content (AvgIpc) is 3.23. The SMILES string of the molecule is CCc1cccc(C2CNC(C(=O)N[C@@H](C)C(=O)NCc3ccc(N)nc3C)C2)c1.Cl.Cl. The van der Waals surface area contributed by atoms with Crippen molar-refractivity contribution in [2.75, 3.05) is 12.3 Å². The van der Waals surface area contributed by atoms with Crippen LogP contribution in [0.2, 0.25) is 0 Å². The van der Waals surface area contributed by atoms with Gasteiger partial charge in [-0.3, -0.25) is 9.59 Å². The molecule has 3 atom stereocenters. The van der Waals surface area contributed by atoms with Crippen molar-refractivity contribution in [3.8, 4) is 0 Å². The molecule has 2 unspecified atom stereocenters. The van der Waals surface area contributed by atoms with Crippen molar-refractivity contribution in [1.82, 2.24) is 20.9 Å². The fourth-order valence-corrected chi connectivity index (χ4v) is 3.77. The maximum atomic E-state index is 12.6. The summed E-state index contributed by atoms with van der Waals surface area (Å²) in [5.41, 5.74) is 9.89. The molecule has 3 rings (SSSR count). The minimum atomic E-state index is -0.621. The normalized spacial score (nSPS) is 18.1. The molecule has 1 aromatic carbocycles. The predicted molar refractivity (Wildman–Crippen MR) is 132 cm³/mol. The van der Waals surface area contributed by atoms with Gasteiger partial charge in [0, 0.05) is 18.8 Å². The monoisotopic (exact) mass is 481 g/mol. The second-order valence-electron chi connectivity index (χ2n) is 7.92. The third-order valence-corrected chi connectivity index (χ3v) is 5.70. The second-order valence-corrected chi connectivity index (χ2v) is 7.92. The van der Waals surface area contributed by atoms with Crippen LogP contribution in [0.4, 0.5) is 5.82 Å². The van der Waals surface area contributed by atoms with Crippen molar-refractivity contribution < 1.29 is 9.59 Å². The Labute approximate surface area is 202 Å². The Morgan fingerprint density at radius 1 is 1.25 bits per heavy atom. The van der Waals surface area contributed by atoms with E-state index in [1.807, 2.05) is 13.0 Å². The summed E-state index contributed by atoms with van der Waals surface area (Å²) in [6.07, 6.45) is 1.72. The van der Waals surface area contributed by atoms with Crippen molar-refractivity contribution >= 4 is 42.4 Å². The number of pyridine rings is 1. The number of rotatable bonds is 7. The van der Waals surface area contributed by atoms with E-state index < -0.39 is 6.04 Å². The van der Waals surface area contributed by atoms with Crippen LogP contribution in [-0.4, -0.2) is 35.4 Å². The van der Waals surface area contributed by atoms with E-state index in [0.29, 0.717) is 18.3 Å². The molecule has 2 heterocycles. The number of hydrogen-bond donors (Lipinski definition) is 4. The zero-order chi connectivity index (χ0) is 21.7. The van der Waals surface area contributed by atoms with Gasteiger partial charge in [0.15, 0.2) is 0 Å². The van der Waals surface area contributed by atoms with Gasteiger partial charge in [0.05, 0.1) is 6.04 Å². The number of nitrogen functional groups attached to an aromatic ring is 1. The average molecular weight is 482 g/mol. The van der Waals surface area contributed by atoms with E-state index in [4.69, 9.17) is 5.73 Å². The van der Waals surface area contributed by atoms with Gasteiger partial charge in [-0.25, -0.2) is 4.98 Å². The minimum Gasteiger partial charge on any atom is -0.384 e. The summed E-state index contributed by atoms with van der Waals surface area (Å²) in [5, 5.41) is 8.97. The van der Waals surface area contributed by atoms with Crippen LogP contribution in [-0.2, 0) is 22.6 Å². The molecule has 0 radical (unpaired) electrons. The number of nitrogens with one attached hydrogen (secondary N) is 3. The molecule has 0 bridgehead atoms. The highest BCUT2D eigenvalue weighted by molar-refractivity contribution is 5.89. The Morgan fingerprint density at radius 2 is 2.00 bits per heavy atom. The number of amides is 2. The van der Waals surface area contributed by atoms with E-state index >= 15 is 0 Å². The van der Waals surface area contributed by atoms with Gasteiger partial charge < -0.3 is 21.7 Å². The molecule has 32 heavy (non-hydrogen) atoms. The highest BCUT2D eigenvalue weighted by atomic mass is 35.5. The number of benzene rings is 1.